The monoisotopic (exact) mass is 540 g/mol. The van der Waals surface area contributed by atoms with Crippen LogP contribution >= 0.6 is 0 Å². The fourth-order valence-corrected chi connectivity index (χ4v) is 6.17. The van der Waals surface area contributed by atoms with Gasteiger partial charge in [0.2, 0.25) is 11.6 Å². The summed E-state index contributed by atoms with van der Waals surface area (Å²) in [4.78, 5) is 53.8. The van der Waals surface area contributed by atoms with Gasteiger partial charge in [-0.1, -0.05) is 0 Å². The molecule has 0 radical (unpaired) electrons. The first-order valence-electron chi connectivity index (χ1n) is 12.7. The van der Waals surface area contributed by atoms with Gasteiger partial charge in [-0.25, -0.2) is 0 Å². The van der Waals surface area contributed by atoms with Gasteiger partial charge in [0.1, 0.15) is 17.2 Å². The van der Waals surface area contributed by atoms with E-state index in [1.54, 1.807) is 13.8 Å². The maximum atomic E-state index is 13.7. The molecule has 3 N–H and O–H groups in total. The molecule has 0 saturated heterocycles. The Morgan fingerprint density at radius 3 is 2.20 bits per heavy atom. The van der Waals surface area contributed by atoms with Gasteiger partial charge in [0.15, 0.2) is 17.3 Å². The van der Waals surface area contributed by atoms with Gasteiger partial charge < -0.3 is 24.8 Å². The first-order chi connectivity index (χ1) is 19.0. The number of allylic oxidation sites excluding steroid dienone is 2. The van der Waals surface area contributed by atoms with Crippen molar-refractivity contribution in [1.82, 2.24) is 0 Å². The van der Waals surface area contributed by atoms with E-state index in [4.69, 9.17) is 9.47 Å². The first-order valence-corrected chi connectivity index (χ1v) is 12.7. The Balaban J connectivity index is 1.71. The topological polar surface area (TPSA) is 147 Å². The van der Waals surface area contributed by atoms with Crippen molar-refractivity contribution in [2.45, 2.75) is 39.4 Å². The number of ketones is 4. The van der Waals surface area contributed by atoms with Crippen molar-refractivity contribution >= 4 is 23.1 Å². The third-order valence-corrected chi connectivity index (χ3v) is 7.79. The molecule has 0 saturated carbocycles. The number of hydrogen-bond acceptors (Lipinski definition) is 9. The van der Waals surface area contributed by atoms with E-state index in [-0.39, 0.29) is 62.8 Å². The number of phenolic OH excluding ortho intramolecular Hbond substituents is 3. The summed E-state index contributed by atoms with van der Waals surface area (Å²) in [6.45, 7) is 5.19. The SMILES string of the molecule is COC1=CC(=O)c2c(O)c3c(c(-c4ccc5c(c4O)C(=O)c4c(O)cc(C)cc4C5=O)c2C1=O)CC(C)OC3C. The standard InChI is InChI=1S/C31H24O9/c1-11-7-17-23(18(32)8-11)31(38)24-15(27(17)34)6-5-14(28(24)35)22-16-9-12(2)40-13(3)21(16)30(37)25-19(33)10-20(39-4)29(36)26(22)25/h5-8,10,12-13,32,35,37H,9H2,1-4H3. The van der Waals surface area contributed by atoms with E-state index in [2.05, 4.69) is 0 Å². The minimum Gasteiger partial charge on any atom is -0.507 e. The zero-order valence-corrected chi connectivity index (χ0v) is 22.0. The van der Waals surface area contributed by atoms with Crippen LogP contribution in [0.25, 0.3) is 11.1 Å². The molecule has 1 aliphatic heterocycles. The summed E-state index contributed by atoms with van der Waals surface area (Å²) < 4.78 is 11.1. The molecular weight excluding hydrogens is 516 g/mol. The Morgan fingerprint density at radius 2 is 1.50 bits per heavy atom. The van der Waals surface area contributed by atoms with Crippen LogP contribution < -0.4 is 0 Å². The van der Waals surface area contributed by atoms with Crippen molar-refractivity contribution in [3.05, 3.63) is 86.2 Å². The molecule has 1 heterocycles. The Kier molecular flexibility index (Phi) is 5.50. The number of Topliss-reactive ketones (excluding diaryl/α,β-unsaturated/α-hetero) is 1. The summed E-state index contributed by atoms with van der Waals surface area (Å²) in [6.07, 6.45) is 0.207. The molecule has 3 aromatic rings. The predicted molar refractivity (Wildman–Crippen MR) is 141 cm³/mol. The van der Waals surface area contributed by atoms with Crippen LogP contribution in [0.15, 0.2) is 36.1 Å². The molecule has 6 rings (SSSR count). The molecule has 0 aromatic heterocycles. The second-order valence-corrected chi connectivity index (χ2v) is 10.3. The summed E-state index contributed by atoms with van der Waals surface area (Å²) in [6, 6.07) is 5.66. The van der Waals surface area contributed by atoms with Crippen molar-refractivity contribution in [2.75, 3.05) is 7.11 Å². The van der Waals surface area contributed by atoms with Gasteiger partial charge in [-0.3, -0.25) is 19.2 Å². The lowest BCUT2D eigenvalue weighted by Gasteiger charge is -2.34. The number of phenols is 3. The minimum absolute atomic E-state index is 0.0160. The molecule has 0 bridgehead atoms. The number of hydrogen-bond donors (Lipinski definition) is 3. The van der Waals surface area contributed by atoms with E-state index < -0.39 is 46.5 Å². The number of rotatable bonds is 2. The molecule has 2 aliphatic carbocycles. The average Bonchev–Trinajstić information content (AvgIpc) is 2.88. The van der Waals surface area contributed by atoms with Crippen molar-refractivity contribution in [3.63, 3.8) is 0 Å². The molecule has 40 heavy (non-hydrogen) atoms. The molecule has 202 valence electrons. The summed E-state index contributed by atoms with van der Waals surface area (Å²) >= 11 is 0. The highest BCUT2D eigenvalue weighted by atomic mass is 16.5. The fraction of sp³-hybridized carbons (Fsp3) is 0.226. The van der Waals surface area contributed by atoms with Crippen molar-refractivity contribution < 1.29 is 44.0 Å². The largest absolute Gasteiger partial charge is 0.507 e. The van der Waals surface area contributed by atoms with E-state index in [1.165, 1.54) is 31.4 Å². The molecular formula is C31H24O9. The van der Waals surface area contributed by atoms with Crippen molar-refractivity contribution in [3.8, 4) is 28.4 Å². The summed E-state index contributed by atoms with van der Waals surface area (Å²) in [7, 11) is 1.24. The third kappa shape index (κ3) is 3.31. The number of aryl methyl sites for hydroxylation is 1. The Morgan fingerprint density at radius 1 is 0.800 bits per heavy atom. The van der Waals surface area contributed by atoms with E-state index in [9.17, 15) is 34.5 Å². The van der Waals surface area contributed by atoms with Crippen LogP contribution in [0.1, 0.15) is 89.2 Å². The van der Waals surface area contributed by atoms with Crippen LogP contribution in [0.3, 0.4) is 0 Å². The van der Waals surface area contributed by atoms with Crippen LogP contribution in [0.4, 0.5) is 0 Å². The molecule has 3 aromatic carbocycles. The second kappa shape index (κ2) is 8.62. The molecule has 9 heteroatoms. The Labute approximate surface area is 228 Å². The molecule has 3 aliphatic rings. The summed E-state index contributed by atoms with van der Waals surface area (Å²) in [5.74, 6) is -4.28. The molecule has 2 unspecified atom stereocenters. The van der Waals surface area contributed by atoms with Gasteiger partial charge in [0, 0.05) is 39.5 Å². The Bertz CT molecular complexity index is 1780. The maximum Gasteiger partial charge on any atom is 0.229 e. The van der Waals surface area contributed by atoms with Crippen molar-refractivity contribution in [1.29, 1.82) is 0 Å². The summed E-state index contributed by atoms with van der Waals surface area (Å²) in [5, 5.41) is 33.4. The lowest BCUT2D eigenvalue weighted by molar-refractivity contribution is -0.00593. The lowest BCUT2D eigenvalue weighted by atomic mass is 9.75. The lowest BCUT2D eigenvalue weighted by Crippen LogP contribution is -2.28. The highest BCUT2D eigenvalue weighted by molar-refractivity contribution is 6.31. The molecule has 0 spiro atoms. The van der Waals surface area contributed by atoms with Gasteiger partial charge in [-0.05, 0) is 62.6 Å². The third-order valence-electron chi connectivity index (χ3n) is 7.79. The van der Waals surface area contributed by atoms with Crippen LogP contribution in [-0.4, -0.2) is 51.7 Å². The van der Waals surface area contributed by atoms with E-state index in [0.29, 0.717) is 16.7 Å². The zero-order chi connectivity index (χ0) is 28.8. The van der Waals surface area contributed by atoms with Gasteiger partial charge in [0.25, 0.3) is 0 Å². The molecule has 0 amide bonds. The molecule has 2 atom stereocenters. The van der Waals surface area contributed by atoms with E-state index >= 15 is 0 Å². The van der Waals surface area contributed by atoms with Gasteiger partial charge in [0.05, 0.1) is 36.0 Å². The molecule has 9 nitrogen and oxygen atoms in total. The normalized spacial score (nSPS) is 19.4. The zero-order valence-electron chi connectivity index (χ0n) is 22.0. The highest BCUT2D eigenvalue weighted by Crippen LogP contribution is 2.51. The predicted octanol–water partition coefficient (Wildman–Crippen LogP) is 4.49. The van der Waals surface area contributed by atoms with E-state index in [1.807, 2.05) is 6.92 Å². The number of aromatic hydroxyl groups is 3. The number of benzene rings is 3. The number of methoxy groups -OCH3 is 1. The van der Waals surface area contributed by atoms with Crippen LogP contribution in [0.2, 0.25) is 0 Å². The van der Waals surface area contributed by atoms with Gasteiger partial charge >= 0.3 is 0 Å². The quantitative estimate of drug-likeness (QED) is 0.335. The highest BCUT2D eigenvalue weighted by Gasteiger charge is 2.41. The molecule has 0 fully saturated rings. The number of carbonyl (C=O) groups excluding carboxylic acids is 4. The number of carbonyl (C=O) groups is 4. The maximum absolute atomic E-state index is 13.7. The van der Waals surface area contributed by atoms with Gasteiger partial charge in [-0.2, -0.15) is 0 Å². The van der Waals surface area contributed by atoms with Crippen LogP contribution in [0.5, 0.6) is 17.2 Å². The van der Waals surface area contributed by atoms with E-state index in [0.717, 1.165) is 6.08 Å². The minimum atomic E-state index is -0.757. The van der Waals surface area contributed by atoms with Crippen LogP contribution in [0, 0.1) is 6.92 Å². The van der Waals surface area contributed by atoms with Crippen molar-refractivity contribution in [2.24, 2.45) is 0 Å². The first kappa shape index (κ1) is 25.5. The Hall–Kier alpha value is -4.76. The number of ether oxygens (including phenoxy) is 2. The summed E-state index contributed by atoms with van der Waals surface area (Å²) in [5.41, 5.74) is 0.476. The van der Waals surface area contributed by atoms with Gasteiger partial charge in [-0.15, -0.1) is 0 Å². The number of fused-ring (bicyclic) bond motifs is 4. The average molecular weight is 541 g/mol. The van der Waals surface area contributed by atoms with Crippen LogP contribution in [-0.2, 0) is 15.9 Å². The smallest absolute Gasteiger partial charge is 0.229 e. The fourth-order valence-electron chi connectivity index (χ4n) is 6.17. The second-order valence-electron chi connectivity index (χ2n) is 10.3.